The van der Waals surface area contributed by atoms with Crippen molar-refractivity contribution in [3.63, 3.8) is 0 Å². The molecular formula is C23H32IN6O3P. The zero-order chi connectivity index (χ0) is 24.6. The average Bonchev–Trinajstić information content (AvgIpc) is 3.21. The van der Waals surface area contributed by atoms with E-state index in [0.29, 0.717) is 31.2 Å². The average molecular weight is 598 g/mol. The third kappa shape index (κ3) is 7.94. The summed E-state index contributed by atoms with van der Waals surface area (Å²) in [6.07, 6.45) is 6.60. The second kappa shape index (κ2) is 12.5. The molecule has 34 heavy (non-hydrogen) atoms. The highest BCUT2D eigenvalue weighted by Crippen LogP contribution is 2.32. The Morgan fingerprint density at radius 2 is 1.85 bits per heavy atom. The number of fused-ring (bicyclic) bond motifs is 1. The number of hydrogen-bond acceptors (Lipinski definition) is 8. The van der Waals surface area contributed by atoms with Gasteiger partial charge in [0, 0.05) is 17.6 Å². The van der Waals surface area contributed by atoms with Gasteiger partial charge >= 0.3 is 5.97 Å². The van der Waals surface area contributed by atoms with Crippen LogP contribution in [0.1, 0.15) is 52.9 Å². The number of carbonyl (C=O) groups is 1. The van der Waals surface area contributed by atoms with Crippen LogP contribution in [0.2, 0.25) is 0 Å². The molecule has 3 rings (SSSR count). The molecular weight excluding hydrogens is 566 g/mol. The van der Waals surface area contributed by atoms with Gasteiger partial charge in [-0.1, -0.05) is 12.8 Å². The van der Waals surface area contributed by atoms with Crippen LogP contribution in [-0.2, 0) is 9.53 Å². The monoisotopic (exact) mass is 598 g/mol. The van der Waals surface area contributed by atoms with Gasteiger partial charge in [-0.2, -0.15) is 9.97 Å². The van der Waals surface area contributed by atoms with Gasteiger partial charge in [-0.15, -0.1) is 0 Å². The van der Waals surface area contributed by atoms with Gasteiger partial charge in [0.1, 0.15) is 12.1 Å². The summed E-state index contributed by atoms with van der Waals surface area (Å²) in [5.41, 5.74) is 2.27. The molecule has 0 saturated heterocycles. The molecule has 1 unspecified atom stereocenters. The van der Waals surface area contributed by atoms with E-state index in [-0.39, 0.29) is 11.5 Å². The number of nitrogens with zero attached hydrogens (tertiary/aromatic N) is 4. The number of carbonyl (C=O) groups excluding carboxylic acids is 1. The van der Waals surface area contributed by atoms with Gasteiger partial charge < -0.3 is 20.1 Å². The quantitative estimate of drug-likeness (QED) is 0.112. The Hall–Kier alpha value is -2.20. The van der Waals surface area contributed by atoms with Crippen molar-refractivity contribution in [1.29, 1.82) is 0 Å². The van der Waals surface area contributed by atoms with E-state index in [1.54, 1.807) is 6.33 Å². The number of hydrogen-bond donors (Lipinski definition) is 2. The molecule has 0 aliphatic heterocycles. The normalized spacial score (nSPS) is 11.8. The number of methoxy groups -OCH3 is 1. The van der Waals surface area contributed by atoms with Gasteiger partial charge in [-0.25, -0.2) is 4.98 Å². The Morgan fingerprint density at radius 1 is 1.12 bits per heavy atom. The SMILES string of the molecule is COC(=O)CCCCCCOc1ccc(Nc2nc(NC(C)(C)C)c3ncn(PI)c3n2)cc1. The Balaban J connectivity index is 1.57. The first-order chi connectivity index (χ1) is 16.3. The van der Waals surface area contributed by atoms with E-state index in [1.807, 2.05) is 28.6 Å². The van der Waals surface area contributed by atoms with E-state index < -0.39 is 0 Å². The van der Waals surface area contributed by atoms with Crippen molar-refractivity contribution in [3.8, 4) is 5.75 Å². The lowest BCUT2D eigenvalue weighted by atomic mass is 10.1. The highest BCUT2D eigenvalue weighted by molar-refractivity contribution is 14.2. The topological polar surface area (TPSA) is 103 Å². The first kappa shape index (κ1) is 26.4. The molecule has 2 N–H and O–H groups in total. The van der Waals surface area contributed by atoms with E-state index in [2.05, 4.69) is 68.2 Å². The number of nitrogens with one attached hydrogen (secondary N) is 2. The fourth-order valence-corrected chi connectivity index (χ4v) is 4.64. The minimum Gasteiger partial charge on any atom is -0.494 e. The second-order valence-corrected chi connectivity index (χ2v) is 11.0. The molecule has 3 aromatic rings. The number of aromatic nitrogens is 4. The molecule has 0 saturated carbocycles. The lowest BCUT2D eigenvalue weighted by molar-refractivity contribution is -0.140. The highest BCUT2D eigenvalue weighted by atomic mass is 127. The van der Waals surface area contributed by atoms with Crippen molar-refractivity contribution in [2.75, 3.05) is 24.4 Å². The molecule has 0 radical (unpaired) electrons. The van der Waals surface area contributed by atoms with Crippen LogP contribution in [-0.4, -0.2) is 44.5 Å². The van der Waals surface area contributed by atoms with Gasteiger partial charge in [0.25, 0.3) is 0 Å². The molecule has 2 heterocycles. The Morgan fingerprint density at radius 3 is 2.53 bits per heavy atom. The summed E-state index contributed by atoms with van der Waals surface area (Å²) >= 11 is 2.32. The summed E-state index contributed by atoms with van der Waals surface area (Å²) in [4.78, 5) is 25.0. The molecule has 9 nitrogen and oxygen atoms in total. The summed E-state index contributed by atoms with van der Waals surface area (Å²) < 4.78 is 12.5. The maximum atomic E-state index is 11.1. The molecule has 184 valence electrons. The maximum Gasteiger partial charge on any atom is 0.305 e. The smallest absolute Gasteiger partial charge is 0.305 e. The van der Waals surface area contributed by atoms with Gasteiger partial charge in [0.05, 0.1) is 20.1 Å². The van der Waals surface area contributed by atoms with E-state index in [4.69, 9.17) is 9.72 Å². The number of imidazole rings is 1. The van der Waals surface area contributed by atoms with Crippen LogP contribution >= 0.6 is 28.4 Å². The number of unbranched alkanes of at least 4 members (excludes halogenated alkanes) is 3. The van der Waals surface area contributed by atoms with Crippen molar-refractivity contribution in [3.05, 3.63) is 30.6 Å². The standard InChI is InChI=1S/C23H32IN6O3P/c1-23(2,3)29-20-19-21(30(34-24)15-25-19)28-22(27-20)26-16-10-12-17(13-11-16)33-14-8-6-5-7-9-18(31)32-4/h10-13,15,34H,5-9,14H2,1-4H3,(H2,26,27,28,29). The molecule has 1 aromatic carbocycles. The van der Waals surface area contributed by atoms with E-state index in [9.17, 15) is 4.79 Å². The van der Waals surface area contributed by atoms with E-state index >= 15 is 0 Å². The van der Waals surface area contributed by atoms with Crippen molar-refractivity contribution in [1.82, 2.24) is 19.3 Å². The maximum absolute atomic E-state index is 11.1. The fourth-order valence-electron chi connectivity index (χ4n) is 3.24. The molecule has 0 bridgehead atoms. The summed E-state index contributed by atoms with van der Waals surface area (Å²) in [6, 6.07) is 7.77. The van der Waals surface area contributed by atoms with Crippen LogP contribution in [0, 0.1) is 0 Å². The third-order valence-electron chi connectivity index (χ3n) is 4.86. The Kier molecular flexibility index (Phi) is 9.70. The number of ether oxygens (including phenoxy) is 2. The summed E-state index contributed by atoms with van der Waals surface area (Å²) in [5.74, 6) is 1.89. The molecule has 0 amide bonds. The zero-order valence-electron chi connectivity index (χ0n) is 20.0. The lowest BCUT2D eigenvalue weighted by Gasteiger charge is -2.21. The largest absolute Gasteiger partial charge is 0.494 e. The third-order valence-corrected chi connectivity index (χ3v) is 6.93. The zero-order valence-corrected chi connectivity index (χ0v) is 23.2. The Bertz CT molecular complexity index is 1080. The van der Waals surface area contributed by atoms with Gasteiger partial charge in [-0.05, 0) is 79.9 Å². The Labute approximate surface area is 215 Å². The van der Waals surface area contributed by atoms with Gasteiger partial charge in [-0.3, -0.25) is 9.13 Å². The van der Waals surface area contributed by atoms with Crippen molar-refractivity contribution in [2.45, 2.75) is 58.4 Å². The lowest BCUT2D eigenvalue weighted by Crippen LogP contribution is -2.27. The minimum atomic E-state index is -0.157. The summed E-state index contributed by atoms with van der Waals surface area (Å²) in [6.45, 7) is 6.91. The summed E-state index contributed by atoms with van der Waals surface area (Å²) in [5, 5.41) is 6.74. The van der Waals surface area contributed by atoms with Crippen LogP contribution in [0.15, 0.2) is 30.6 Å². The molecule has 2 aromatic heterocycles. The van der Waals surface area contributed by atoms with Crippen LogP contribution in [0.25, 0.3) is 11.2 Å². The number of benzene rings is 1. The molecule has 0 spiro atoms. The van der Waals surface area contributed by atoms with Gasteiger partial charge in [0.2, 0.25) is 5.95 Å². The molecule has 11 heteroatoms. The number of halogens is 1. The summed E-state index contributed by atoms with van der Waals surface area (Å²) in [7, 11) is 1.42. The first-order valence-corrected chi connectivity index (χ1v) is 15.3. The van der Waals surface area contributed by atoms with Gasteiger partial charge in [0.15, 0.2) is 17.0 Å². The predicted molar refractivity (Wildman–Crippen MR) is 147 cm³/mol. The van der Waals surface area contributed by atoms with Crippen LogP contribution in [0.4, 0.5) is 17.5 Å². The van der Waals surface area contributed by atoms with E-state index in [1.165, 1.54) is 7.11 Å². The van der Waals surface area contributed by atoms with Crippen LogP contribution in [0.5, 0.6) is 5.75 Å². The van der Waals surface area contributed by atoms with Crippen molar-refractivity contribution >= 4 is 63.0 Å². The number of anilines is 3. The predicted octanol–water partition coefficient (Wildman–Crippen LogP) is 6.07. The minimum absolute atomic E-state index is 0.145. The molecule has 1 atom stereocenters. The second-order valence-electron chi connectivity index (χ2n) is 8.88. The van der Waals surface area contributed by atoms with Crippen molar-refractivity contribution in [2.24, 2.45) is 0 Å². The number of esters is 1. The molecule has 0 aliphatic carbocycles. The number of rotatable bonds is 12. The molecule has 0 aliphatic rings. The van der Waals surface area contributed by atoms with Crippen molar-refractivity contribution < 1.29 is 14.3 Å². The van der Waals surface area contributed by atoms with Crippen LogP contribution in [0.3, 0.4) is 0 Å². The fraction of sp³-hybridized carbons (Fsp3) is 0.478. The van der Waals surface area contributed by atoms with E-state index in [0.717, 1.165) is 48.3 Å². The van der Waals surface area contributed by atoms with Crippen LogP contribution < -0.4 is 15.4 Å². The first-order valence-electron chi connectivity index (χ1n) is 11.3. The molecule has 0 fully saturated rings. The highest BCUT2D eigenvalue weighted by Gasteiger charge is 2.18.